The number of rotatable bonds is 8. The van der Waals surface area contributed by atoms with Crippen LogP contribution in [0.4, 0.5) is 5.69 Å². The van der Waals surface area contributed by atoms with Crippen LogP contribution in [0.5, 0.6) is 0 Å². The molecule has 182 valence electrons. The van der Waals surface area contributed by atoms with Crippen LogP contribution in [0, 0.1) is 20.4 Å². The van der Waals surface area contributed by atoms with E-state index in [4.69, 9.17) is 11.3 Å². The van der Waals surface area contributed by atoms with Crippen molar-refractivity contribution < 1.29 is 14.3 Å². The van der Waals surface area contributed by atoms with Crippen LogP contribution >= 0.6 is 0 Å². The Morgan fingerprint density at radius 3 is 2.43 bits per heavy atom. The van der Waals surface area contributed by atoms with Crippen LogP contribution in [-0.2, 0) is 16.0 Å². The third-order valence-corrected chi connectivity index (χ3v) is 6.90. The molecule has 1 saturated heterocycles. The molecule has 0 saturated carbocycles. The summed E-state index contributed by atoms with van der Waals surface area (Å²) in [6, 6.07) is 11.7. The van der Waals surface area contributed by atoms with Crippen molar-refractivity contribution in [2.45, 2.75) is 52.9 Å². The van der Waals surface area contributed by atoms with E-state index in [0.29, 0.717) is 31.7 Å². The zero-order valence-corrected chi connectivity index (χ0v) is 20.9. The number of hydrogen-bond acceptors (Lipinski definition) is 4. The average Bonchev–Trinajstić information content (AvgIpc) is 3.14. The summed E-state index contributed by atoms with van der Waals surface area (Å²) in [5, 5.41) is 0.941. The fourth-order valence-corrected chi connectivity index (χ4v) is 5.11. The fraction of sp³-hybridized carbons (Fsp3) is 0.414. The summed E-state index contributed by atoms with van der Waals surface area (Å²) in [5.74, 6) is -0.0599. The van der Waals surface area contributed by atoms with Gasteiger partial charge in [-0.15, -0.1) is 0 Å². The van der Waals surface area contributed by atoms with Gasteiger partial charge in [-0.2, -0.15) is 0 Å². The number of ether oxygens (including phenoxy) is 1. The highest BCUT2D eigenvalue weighted by molar-refractivity contribution is 6.11. The van der Waals surface area contributed by atoms with E-state index in [-0.39, 0.29) is 11.8 Å². The number of piperidine rings is 1. The fourth-order valence-electron chi connectivity index (χ4n) is 5.11. The summed E-state index contributed by atoms with van der Waals surface area (Å²) in [6.07, 6.45) is 4.42. The summed E-state index contributed by atoms with van der Waals surface area (Å²) in [7, 11) is 0. The molecular formula is C29H33N3O3. The molecule has 1 fully saturated rings. The van der Waals surface area contributed by atoms with Crippen molar-refractivity contribution >= 4 is 28.3 Å². The SMILES string of the molecule is [C-]#[N+]c1ccc(-n2c(C)c(C(=O)CN3CCCCC3)c3cc(C)c(CCC(=O)OCC)cc32)cc1. The molecule has 0 radical (unpaired) electrons. The Balaban J connectivity index is 1.80. The van der Waals surface area contributed by atoms with Gasteiger partial charge in [-0.25, -0.2) is 4.85 Å². The highest BCUT2D eigenvalue weighted by Gasteiger charge is 2.24. The van der Waals surface area contributed by atoms with Crippen molar-refractivity contribution in [2.24, 2.45) is 0 Å². The molecule has 6 nitrogen and oxygen atoms in total. The molecule has 0 unspecified atom stereocenters. The number of ketones is 1. The lowest BCUT2D eigenvalue weighted by Gasteiger charge is -2.25. The molecule has 0 aliphatic carbocycles. The van der Waals surface area contributed by atoms with Gasteiger partial charge in [0.1, 0.15) is 0 Å². The number of Topliss-reactive ketones (excluding diaryl/α,β-unsaturated/α-hetero) is 1. The molecule has 0 bridgehead atoms. The van der Waals surface area contributed by atoms with Crippen LogP contribution in [0.25, 0.3) is 21.4 Å². The molecule has 1 aromatic heterocycles. The smallest absolute Gasteiger partial charge is 0.306 e. The molecule has 0 atom stereocenters. The third kappa shape index (κ3) is 5.31. The molecule has 2 aromatic carbocycles. The maximum atomic E-state index is 13.6. The molecule has 3 aromatic rings. The van der Waals surface area contributed by atoms with Crippen LogP contribution in [0.1, 0.15) is 59.8 Å². The number of esters is 1. The lowest BCUT2D eigenvalue weighted by molar-refractivity contribution is -0.143. The second-order valence-electron chi connectivity index (χ2n) is 9.28. The van der Waals surface area contributed by atoms with Gasteiger partial charge in [0.2, 0.25) is 0 Å². The van der Waals surface area contributed by atoms with E-state index in [1.807, 2.05) is 32.9 Å². The number of carbonyl (C=O) groups excluding carboxylic acids is 2. The number of carbonyl (C=O) groups is 2. The number of nitrogens with zero attached hydrogens (tertiary/aromatic N) is 3. The summed E-state index contributed by atoms with van der Waals surface area (Å²) in [6.45, 7) is 15.9. The molecule has 6 heteroatoms. The lowest BCUT2D eigenvalue weighted by Crippen LogP contribution is -2.34. The molecule has 2 heterocycles. The summed E-state index contributed by atoms with van der Waals surface area (Å²) in [5.41, 5.74) is 6.24. The van der Waals surface area contributed by atoms with Gasteiger partial charge in [-0.05, 0) is 88.5 Å². The van der Waals surface area contributed by atoms with Gasteiger partial charge >= 0.3 is 5.97 Å². The minimum atomic E-state index is -0.203. The highest BCUT2D eigenvalue weighted by Crippen LogP contribution is 2.33. The number of benzene rings is 2. The standard InChI is InChI=1S/C29H33N3O3/c1-5-35-28(34)14-9-22-18-26-25(17-20(22)2)29(27(33)19-31-15-7-6-8-16-31)21(3)32(26)24-12-10-23(30-4)11-13-24/h10-13,17-18H,5-9,14-16,19H2,1-3H3. The number of aromatic nitrogens is 1. The topological polar surface area (TPSA) is 55.9 Å². The van der Waals surface area contributed by atoms with E-state index in [9.17, 15) is 9.59 Å². The number of likely N-dealkylation sites (tertiary alicyclic amines) is 1. The first-order valence-corrected chi connectivity index (χ1v) is 12.5. The Morgan fingerprint density at radius 2 is 1.77 bits per heavy atom. The van der Waals surface area contributed by atoms with Gasteiger partial charge in [-0.3, -0.25) is 14.5 Å². The van der Waals surface area contributed by atoms with Crippen molar-refractivity contribution in [1.29, 1.82) is 0 Å². The minimum absolute atomic E-state index is 0.143. The van der Waals surface area contributed by atoms with E-state index in [2.05, 4.69) is 26.4 Å². The van der Waals surface area contributed by atoms with E-state index in [1.54, 1.807) is 12.1 Å². The van der Waals surface area contributed by atoms with Crippen molar-refractivity contribution in [2.75, 3.05) is 26.2 Å². The summed E-state index contributed by atoms with van der Waals surface area (Å²) in [4.78, 5) is 31.4. The summed E-state index contributed by atoms with van der Waals surface area (Å²) >= 11 is 0. The van der Waals surface area contributed by atoms with Gasteiger partial charge in [0.15, 0.2) is 11.5 Å². The van der Waals surface area contributed by atoms with Crippen LogP contribution in [-0.4, -0.2) is 47.5 Å². The maximum absolute atomic E-state index is 13.6. The Morgan fingerprint density at radius 1 is 1.06 bits per heavy atom. The van der Waals surface area contributed by atoms with Gasteiger partial charge < -0.3 is 9.30 Å². The third-order valence-electron chi connectivity index (χ3n) is 6.90. The molecule has 0 N–H and O–H groups in total. The van der Waals surface area contributed by atoms with E-state index in [1.165, 1.54) is 6.42 Å². The molecule has 4 rings (SSSR count). The monoisotopic (exact) mass is 471 g/mol. The van der Waals surface area contributed by atoms with Crippen molar-refractivity contribution in [3.63, 3.8) is 0 Å². The second kappa shape index (κ2) is 10.9. The Hall–Kier alpha value is -3.43. The number of aryl methyl sites for hydroxylation is 2. The first-order chi connectivity index (χ1) is 16.9. The van der Waals surface area contributed by atoms with E-state index in [0.717, 1.165) is 64.9 Å². The lowest BCUT2D eigenvalue weighted by atomic mass is 9.98. The Labute approximate surface area is 207 Å². The zero-order valence-electron chi connectivity index (χ0n) is 20.9. The van der Waals surface area contributed by atoms with E-state index < -0.39 is 0 Å². The van der Waals surface area contributed by atoms with Crippen LogP contribution in [0.15, 0.2) is 36.4 Å². The van der Waals surface area contributed by atoms with Crippen LogP contribution < -0.4 is 0 Å². The summed E-state index contributed by atoms with van der Waals surface area (Å²) < 4.78 is 7.23. The molecule has 35 heavy (non-hydrogen) atoms. The molecule has 0 amide bonds. The van der Waals surface area contributed by atoms with Crippen molar-refractivity contribution in [1.82, 2.24) is 9.47 Å². The minimum Gasteiger partial charge on any atom is -0.466 e. The first-order valence-electron chi connectivity index (χ1n) is 12.5. The quantitative estimate of drug-likeness (QED) is 0.231. The van der Waals surface area contributed by atoms with Gasteiger partial charge in [0.05, 0.1) is 25.2 Å². The number of fused-ring (bicyclic) bond motifs is 1. The van der Waals surface area contributed by atoms with Crippen molar-refractivity contribution in [3.05, 3.63) is 70.2 Å². The molecular weight excluding hydrogens is 438 g/mol. The largest absolute Gasteiger partial charge is 0.466 e. The molecule has 1 aliphatic heterocycles. The molecule has 1 aliphatic rings. The van der Waals surface area contributed by atoms with Gasteiger partial charge in [0, 0.05) is 28.8 Å². The maximum Gasteiger partial charge on any atom is 0.306 e. The predicted molar refractivity (Wildman–Crippen MR) is 139 cm³/mol. The Bertz CT molecular complexity index is 1280. The van der Waals surface area contributed by atoms with Crippen LogP contribution in [0.3, 0.4) is 0 Å². The van der Waals surface area contributed by atoms with E-state index >= 15 is 0 Å². The molecule has 0 spiro atoms. The normalized spacial score (nSPS) is 14.1. The van der Waals surface area contributed by atoms with Gasteiger partial charge in [-0.1, -0.05) is 18.6 Å². The average molecular weight is 472 g/mol. The predicted octanol–water partition coefficient (Wildman–Crippen LogP) is 5.96. The first kappa shape index (κ1) is 24.7. The highest BCUT2D eigenvalue weighted by atomic mass is 16.5. The Kier molecular flexibility index (Phi) is 7.67. The second-order valence-corrected chi connectivity index (χ2v) is 9.28. The number of hydrogen-bond donors (Lipinski definition) is 0. The van der Waals surface area contributed by atoms with Gasteiger partial charge in [0.25, 0.3) is 0 Å². The van der Waals surface area contributed by atoms with Crippen molar-refractivity contribution in [3.8, 4) is 5.69 Å². The zero-order chi connectivity index (χ0) is 24.9. The van der Waals surface area contributed by atoms with Crippen LogP contribution in [0.2, 0.25) is 0 Å².